The highest BCUT2D eigenvalue weighted by atomic mass is 32.2. The summed E-state index contributed by atoms with van der Waals surface area (Å²) in [6.07, 6.45) is 8.83. The van der Waals surface area contributed by atoms with E-state index in [-0.39, 0.29) is 5.82 Å². The van der Waals surface area contributed by atoms with Gasteiger partial charge in [0, 0.05) is 16.7 Å². The van der Waals surface area contributed by atoms with E-state index in [0.717, 1.165) is 10.6 Å². The average Bonchev–Trinajstić information content (AvgIpc) is 2.71. The second-order valence-electron chi connectivity index (χ2n) is 4.98. The third-order valence-electron chi connectivity index (χ3n) is 3.60. The van der Waals surface area contributed by atoms with Gasteiger partial charge in [-0.2, -0.15) is 0 Å². The quantitative estimate of drug-likeness (QED) is 0.633. The SMILES string of the molecule is CNC(CSc1ccc(F)cc1)C1=CCCCCC1. The molecule has 0 amide bonds. The predicted octanol–water partition coefficient (Wildman–Crippen LogP) is 4.40. The van der Waals surface area contributed by atoms with Crippen LogP contribution in [0.3, 0.4) is 0 Å². The summed E-state index contributed by atoms with van der Waals surface area (Å²) in [4.78, 5) is 1.14. The second kappa shape index (κ2) is 7.71. The highest BCUT2D eigenvalue weighted by Gasteiger charge is 2.14. The summed E-state index contributed by atoms with van der Waals surface area (Å²) >= 11 is 1.79. The van der Waals surface area contributed by atoms with E-state index in [4.69, 9.17) is 0 Å². The summed E-state index contributed by atoms with van der Waals surface area (Å²) in [6, 6.07) is 7.21. The van der Waals surface area contributed by atoms with Gasteiger partial charge in [-0.1, -0.05) is 18.1 Å². The van der Waals surface area contributed by atoms with Gasteiger partial charge in [0.2, 0.25) is 0 Å². The lowest BCUT2D eigenvalue weighted by atomic mass is 10.0. The smallest absolute Gasteiger partial charge is 0.123 e. The Morgan fingerprint density at radius 1 is 1.21 bits per heavy atom. The predicted molar refractivity (Wildman–Crippen MR) is 81.1 cm³/mol. The van der Waals surface area contributed by atoms with Gasteiger partial charge in [0.05, 0.1) is 0 Å². The molecule has 0 bridgehead atoms. The summed E-state index contributed by atoms with van der Waals surface area (Å²) in [5, 5.41) is 3.42. The zero-order valence-corrected chi connectivity index (χ0v) is 12.3. The normalized spacial score (nSPS) is 17.7. The van der Waals surface area contributed by atoms with E-state index < -0.39 is 0 Å². The molecule has 0 spiro atoms. The summed E-state index contributed by atoms with van der Waals surface area (Å²) in [5.41, 5.74) is 1.55. The van der Waals surface area contributed by atoms with Gasteiger partial charge in [-0.25, -0.2) is 4.39 Å². The molecule has 1 nitrogen and oxygen atoms in total. The van der Waals surface area contributed by atoms with Crippen LogP contribution in [0.5, 0.6) is 0 Å². The molecule has 1 atom stereocenters. The molecule has 0 saturated carbocycles. The van der Waals surface area contributed by atoms with Gasteiger partial charge in [-0.3, -0.25) is 0 Å². The Labute approximate surface area is 119 Å². The molecule has 0 fully saturated rings. The lowest BCUT2D eigenvalue weighted by molar-refractivity contribution is 0.626. The van der Waals surface area contributed by atoms with Crippen molar-refractivity contribution >= 4 is 11.8 Å². The van der Waals surface area contributed by atoms with Gasteiger partial charge in [0.25, 0.3) is 0 Å². The third-order valence-corrected chi connectivity index (χ3v) is 4.71. The van der Waals surface area contributed by atoms with Gasteiger partial charge in [0.1, 0.15) is 5.82 Å². The maximum atomic E-state index is 12.9. The number of thioether (sulfide) groups is 1. The summed E-state index contributed by atoms with van der Waals surface area (Å²) < 4.78 is 12.9. The zero-order chi connectivity index (χ0) is 13.5. The van der Waals surface area contributed by atoms with E-state index in [1.165, 1.54) is 44.2 Å². The van der Waals surface area contributed by atoms with Crippen LogP contribution in [0.15, 0.2) is 40.8 Å². The molecular formula is C16H22FNS. The Kier molecular flexibility index (Phi) is 5.93. The van der Waals surface area contributed by atoms with Crippen molar-refractivity contribution in [3.63, 3.8) is 0 Å². The van der Waals surface area contributed by atoms with Crippen molar-refractivity contribution in [1.82, 2.24) is 5.32 Å². The molecule has 1 unspecified atom stereocenters. The molecule has 104 valence electrons. The Hall–Kier alpha value is -0.800. The van der Waals surface area contributed by atoms with Crippen LogP contribution in [0.25, 0.3) is 0 Å². The van der Waals surface area contributed by atoms with E-state index in [1.807, 2.05) is 19.2 Å². The first kappa shape index (κ1) is 14.6. The Morgan fingerprint density at radius 2 is 2.00 bits per heavy atom. The van der Waals surface area contributed by atoms with Gasteiger partial charge in [-0.05, 0) is 57.0 Å². The summed E-state index contributed by atoms with van der Waals surface area (Å²) in [7, 11) is 2.03. The number of rotatable bonds is 5. The van der Waals surface area contributed by atoms with Gasteiger partial charge in [-0.15, -0.1) is 11.8 Å². The number of benzene rings is 1. The number of halogens is 1. The number of allylic oxidation sites excluding steroid dienone is 1. The fourth-order valence-corrected chi connectivity index (χ4v) is 3.51. The standard InChI is InChI=1S/C16H22FNS/c1-18-16(13-6-4-2-3-5-7-13)12-19-15-10-8-14(17)9-11-15/h6,8-11,16,18H,2-5,7,12H2,1H3. The molecule has 0 aromatic heterocycles. The first-order valence-corrected chi connectivity index (χ1v) is 8.02. The Morgan fingerprint density at radius 3 is 2.74 bits per heavy atom. The Balaban J connectivity index is 1.91. The summed E-state index contributed by atoms with van der Waals surface area (Å²) in [6.45, 7) is 0. The largest absolute Gasteiger partial charge is 0.313 e. The number of nitrogens with one attached hydrogen (secondary N) is 1. The Bertz CT molecular complexity index is 413. The first-order valence-electron chi connectivity index (χ1n) is 7.04. The van der Waals surface area contributed by atoms with E-state index in [2.05, 4.69) is 11.4 Å². The molecule has 1 aromatic rings. The maximum Gasteiger partial charge on any atom is 0.123 e. The molecule has 0 heterocycles. The fraction of sp³-hybridized carbons (Fsp3) is 0.500. The molecule has 19 heavy (non-hydrogen) atoms. The van der Waals surface area contributed by atoms with Gasteiger partial charge in [0.15, 0.2) is 0 Å². The van der Waals surface area contributed by atoms with Crippen molar-refractivity contribution in [2.45, 2.75) is 43.0 Å². The molecule has 0 radical (unpaired) electrons. The van der Waals surface area contributed by atoms with E-state index in [9.17, 15) is 4.39 Å². The minimum atomic E-state index is -0.166. The van der Waals surface area contributed by atoms with E-state index >= 15 is 0 Å². The molecule has 0 saturated heterocycles. The van der Waals surface area contributed by atoms with Crippen LogP contribution in [-0.2, 0) is 0 Å². The highest BCUT2D eigenvalue weighted by molar-refractivity contribution is 7.99. The van der Waals surface area contributed by atoms with Crippen molar-refractivity contribution < 1.29 is 4.39 Å². The second-order valence-corrected chi connectivity index (χ2v) is 6.08. The maximum absolute atomic E-state index is 12.9. The minimum absolute atomic E-state index is 0.166. The first-order chi connectivity index (χ1) is 9.29. The van der Waals surface area contributed by atoms with E-state index in [0.29, 0.717) is 6.04 Å². The van der Waals surface area contributed by atoms with Crippen molar-refractivity contribution in [2.75, 3.05) is 12.8 Å². The zero-order valence-electron chi connectivity index (χ0n) is 11.5. The van der Waals surface area contributed by atoms with Crippen LogP contribution in [0.4, 0.5) is 4.39 Å². The third kappa shape index (κ3) is 4.66. The fourth-order valence-electron chi connectivity index (χ4n) is 2.44. The van der Waals surface area contributed by atoms with Crippen molar-refractivity contribution in [1.29, 1.82) is 0 Å². The van der Waals surface area contributed by atoms with Crippen molar-refractivity contribution in [2.24, 2.45) is 0 Å². The molecule has 1 aromatic carbocycles. The van der Waals surface area contributed by atoms with Crippen LogP contribution >= 0.6 is 11.8 Å². The number of likely N-dealkylation sites (N-methyl/N-ethyl adjacent to an activating group) is 1. The topological polar surface area (TPSA) is 12.0 Å². The molecule has 2 rings (SSSR count). The van der Waals surface area contributed by atoms with Crippen molar-refractivity contribution in [3.05, 3.63) is 41.7 Å². The lowest BCUT2D eigenvalue weighted by Crippen LogP contribution is -2.29. The number of hydrogen-bond acceptors (Lipinski definition) is 2. The molecular weight excluding hydrogens is 257 g/mol. The van der Waals surface area contributed by atoms with Gasteiger partial charge >= 0.3 is 0 Å². The lowest BCUT2D eigenvalue weighted by Gasteiger charge is -2.19. The van der Waals surface area contributed by atoms with E-state index in [1.54, 1.807) is 17.3 Å². The molecule has 1 N–H and O–H groups in total. The molecule has 3 heteroatoms. The van der Waals surface area contributed by atoms with Crippen molar-refractivity contribution in [3.8, 4) is 0 Å². The van der Waals surface area contributed by atoms with Crippen LogP contribution in [-0.4, -0.2) is 18.8 Å². The van der Waals surface area contributed by atoms with Crippen LogP contribution in [0.1, 0.15) is 32.1 Å². The number of hydrogen-bond donors (Lipinski definition) is 1. The molecule has 0 aliphatic heterocycles. The average molecular weight is 279 g/mol. The molecule has 1 aliphatic rings. The van der Waals surface area contributed by atoms with Crippen LogP contribution in [0, 0.1) is 5.82 Å². The monoisotopic (exact) mass is 279 g/mol. The van der Waals surface area contributed by atoms with Crippen LogP contribution in [0.2, 0.25) is 0 Å². The molecule has 1 aliphatic carbocycles. The summed E-state index contributed by atoms with van der Waals surface area (Å²) in [5.74, 6) is 0.842. The van der Waals surface area contributed by atoms with Crippen LogP contribution < -0.4 is 5.32 Å². The van der Waals surface area contributed by atoms with Gasteiger partial charge < -0.3 is 5.32 Å². The highest BCUT2D eigenvalue weighted by Crippen LogP contribution is 2.25. The minimum Gasteiger partial charge on any atom is -0.313 e.